The number of anilines is 1. The Labute approximate surface area is 135 Å². The van der Waals surface area contributed by atoms with E-state index < -0.39 is 0 Å². The highest BCUT2D eigenvalue weighted by Crippen LogP contribution is 2.33. The highest BCUT2D eigenvalue weighted by atomic mass is 32.1. The summed E-state index contributed by atoms with van der Waals surface area (Å²) >= 11 is 1.62. The Morgan fingerprint density at radius 2 is 2.04 bits per heavy atom. The molecule has 0 saturated heterocycles. The van der Waals surface area contributed by atoms with Crippen molar-refractivity contribution in [2.24, 2.45) is 0 Å². The minimum absolute atomic E-state index is 0.173. The molecule has 116 valence electrons. The molecule has 1 aliphatic heterocycles. The van der Waals surface area contributed by atoms with Crippen LogP contribution in [0.1, 0.15) is 15.2 Å². The first kappa shape index (κ1) is 13.8. The molecule has 1 amide bonds. The maximum atomic E-state index is 12.3. The standard InChI is InChI=1S/C16H12N2O4S/c1-9-2-5-14(23-9)11-7-15(22-18-11)17-16(19)10-3-4-12-13(6-10)21-8-20-12/h2-7H,8H2,1H3,(H,17,19). The molecule has 0 saturated carbocycles. The van der Waals surface area contributed by atoms with Crippen LogP contribution in [-0.2, 0) is 0 Å². The Kier molecular flexibility index (Phi) is 3.27. The number of aryl methyl sites for hydroxylation is 1. The lowest BCUT2D eigenvalue weighted by molar-refractivity contribution is 0.102. The molecular formula is C16H12N2O4S. The minimum atomic E-state index is -0.298. The van der Waals surface area contributed by atoms with Gasteiger partial charge in [-0.25, -0.2) is 0 Å². The number of nitrogens with zero attached hydrogens (tertiary/aromatic N) is 1. The zero-order chi connectivity index (χ0) is 15.8. The largest absolute Gasteiger partial charge is 0.454 e. The van der Waals surface area contributed by atoms with Crippen molar-refractivity contribution in [1.29, 1.82) is 0 Å². The quantitative estimate of drug-likeness (QED) is 0.793. The van der Waals surface area contributed by atoms with Gasteiger partial charge in [-0.2, -0.15) is 0 Å². The van der Waals surface area contributed by atoms with Crippen LogP contribution in [-0.4, -0.2) is 17.9 Å². The summed E-state index contributed by atoms with van der Waals surface area (Å²) < 4.78 is 15.7. The SMILES string of the molecule is Cc1ccc(-c2cc(NC(=O)c3ccc4c(c3)OCO4)on2)s1. The van der Waals surface area contributed by atoms with Crippen LogP contribution in [0, 0.1) is 6.92 Å². The normalized spacial score (nSPS) is 12.4. The van der Waals surface area contributed by atoms with Gasteiger partial charge in [0.05, 0.1) is 4.88 Å². The molecule has 2 aromatic heterocycles. The fraction of sp³-hybridized carbons (Fsp3) is 0.125. The summed E-state index contributed by atoms with van der Waals surface area (Å²) in [5, 5.41) is 6.67. The molecule has 3 heterocycles. The first-order valence-electron chi connectivity index (χ1n) is 6.93. The molecule has 1 N–H and O–H groups in total. The molecule has 1 aromatic carbocycles. The van der Waals surface area contributed by atoms with E-state index in [4.69, 9.17) is 14.0 Å². The molecule has 0 unspecified atom stereocenters. The lowest BCUT2D eigenvalue weighted by atomic mass is 10.2. The summed E-state index contributed by atoms with van der Waals surface area (Å²) in [5.74, 6) is 1.20. The summed E-state index contributed by atoms with van der Waals surface area (Å²) in [7, 11) is 0. The number of hydrogen-bond donors (Lipinski definition) is 1. The van der Waals surface area contributed by atoms with Crippen molar-refractivity contribution in [3.05, 3.63) is 46.8 Å². The smallest absolute Gasteiger partial charge is 0.258 e. The maximum Gasteiger partial charge on any atom is 0.258 e. The molecule has 23 heavy (non-hydrogen) atoms. The van der Waals surface area contributed by atoms with Gasteiger partial charge in [0.2, 0.25) is 12.7 Å². The van der Waals surface area contributed by atoms with Gasteiger partial charge in [0, 0.05) is 16.5 Å². The van der Waals surface area contributed by atoms with E-state index in [9.17, 15) is 4.79 Å². The van der Waals surface area contributed by atoms with Crippen LogP contribution in [0.25, 0.3) is 10.6 Å². The van der Waals surface area contributed by atoms with E-state index in [2.05, 4.69) is 10.5 Å². The number of thiophene rings is 1. The average molecular weight is 328 g/mol. The number of carbonyl (C=O) groups excluding carboxylic acids is 1. The van der Waals surface area contributed by atoms with E-state index in [0.29, 0.717) is 28.6 Å². The van der Waals surface area contributed by atoms with Crippen molar-refractivity contribution in [3.63, 3.8) is 0 Å². The zero-order valence-corrected chi connectivity index (χ0v) is 13.0. The average Bonchev–Trinajstić information content (AvgIpc) is 3.26. The molecule has 0 bridgehead atoms. The third-order valence-corrected chi connectivity index (χ3v) is 4.40. The third-order valence-electron chi connectivity index (χ3n) is 3.37. The van der Waals surface area contributed by atoms with Gasteiger partial charge in [-0.3, -0.25) is 10.1 Å². The minimum Gasteiger partial charge on any atom is -0.454 e. The number of benzene rings is 1. The molecule has 1 aliphatic rings. The zero-order valence-electron chi connectivity index (χ0n) is 12.2. The van der Waals surface area contributed by atoms with Crippen LogP contribution in [0.15, 0.2) is 40.9 Å². The third kappa shape index (κ3) is 2.66. The monoisotopic (exact) mass is 328 g/mol. The van der Waals surface area contributed by atoms with E-state index in [1.165, 1.54) is 4.88 Å². The molecule has 0 fully saturated rings. The Morgan fingerprint density at radius 1 is 1.17 bits per heavy atom. The number of rotatable bonds is 3. The Bertz CT molecular complexity index is 884. The second kappa shape index (κ2) is 5.44. The van der Waals surface area contributed by atoms with E-state index in [1.54, 1.807) is 35.6 Å². The number of hydrogen-bond acceptors (Lipinski definition) is 6. The first-order chi connectivity index (χ1) is 11.2. The second-order valence-electron chi connectivity index (χ2n) is 5.01. The lowest BCUT2D eigenvalue weighted by Gasteiger charge is -2.02. The number of carbonyl (C=O) groups is 1. The summed E-state index contributed by atoms with van der Waals surface area (Å²) in [5.41, 5.74) is 1.16. The fourth-order valence-corrected chi connectivity index (χ4v) is 3.06. The topological polar surface area (TPSA) is 73.6 Å². The molecule has 0 atom stereocenters. The van der Waals surface area contributed by atoms with Crippen molar-refractivity contribution < 1.29 is 18.8 Å². The molecule has 4 rings (SSSR count). The van der Waals surface area contributed by atoms with Crippen LogP contribution in [0.4, 0.5) is 5.88 Å². The first-order valence-corrected chi connectivity index (χ1v) is 7.75. The molecule has 0 spiro atoms. The van der Waals surface area contributed by atoms with Gasteiger partial charge < -0.3 is 14.0 Å². The van der Waals surface area contributed by atoms with Crippen LogP contribution in [0.5, 0.6) is 11.5 Å². The van der Waals surface area contributed by atoms with Crippen molar-refractivity contribution in [2.45, 2.75) is 6.92 Å². The molecule has 0 radical (unpaired) electrons. The summed E-state index contributed by atoms with van der Waals surface area (Å²) in [4.78, 5) is 14.5. The number of ether oxygens (including phenoxy) is 2. The van der Waals surface area contributed by atoms with E-state index in [0.717, 1.165) is 4.88 Å². The highest BCUT2D eigenvalue weighted by molar-refractivity contribution is 7.15. The highest BCUT2D eigenvalue weighted by Gasteiger charge is 2.17. The van der Waals surface area contributed by atoms with Crippen molar-refractivity contribution in [1.82, 2.24) is 5.16 Å². The van der Waals surface area contributed by atoms with Gasteiger partial charge in [0.1, 0.15) is 5.69 Å². The fourth-order valence-electron chi connectivity index (χ4n) is 2.24. The number of fused-ring (bicyclic) bond motifs is 1. The number of nitrogens with one attached hydrogen (secondary N) is 1. The summed E-state index contributed by atoms with van der Waals surface area (Å²) in [6.07, 6.45) is 0. The van der Waals surface area contributed by atoms with Crippen LogP contribution < -0.4 is 14.8 Å². The van der Waals surface area contributed by atoms with Crippen molar-refractivity contribution in [2.75, 3.05) is 12.1 Å². The van der Waals surface area contributed by atoms with Crippen LogP contribution in [0.2, 0.25) is 0 Å². The summed E-state index contributed by atoms with van der Waals surface area (Å²) in [6.45, 7) is 2.20. The van der Waals surface area contributed by atoms with Crippen LogP contribution in [0.3, 0.4) is 0 Å². The lowest BCUT2D eigenvalue weighted by Crippen LogP contribution is -2.11. The maximum absolute atomic E-state index is 12.3. The number of aromatic nitrogens is 1. The van der Waals surface area contributed by atoms with E-state index >= 15 is 0 Å². The van der Waals surface area contributed by atoms with E-state index in [-0.39, 0.29) is 12.7 Å². The predicted octanol–water partition coefficient (Wildman–Crippen LogP) is 3.69. The molecule has 6 nitrogen and oxygen atoms in total. The molecule has 7 heteroatoms. The van der Waals surface area contributed by atoms with Gasteiger partial charge in [-0.15, -0.1) is 11.3 Å². The molecular weight excluding hydrogens is 316 g/mol. The predicted molar refractivity (Wildman–Crippen MR) is 85.1 cm³/mol. The van der Waals surface area contributed by atoms with Gasteiger partial charge >= 0.3 is 0 Å². The van der Waals surface area contributed by atoms with Gasteiger partial charge in [0.15, 0.2) is 11.5 Å². The number of amides is 1. The Hall–Kier alpha value is -2.80. The van der Waals surface area contributed by atoms with Gasteiger partial charge in [-0.05, 0) is 37.3 Å². The Morgan fingerprint density at radius 3 is 2.87 bits per heavy atom. The second-order valence-corrected chi connectivity index (χ2v) is 6.30. The Balaban J connectivity index is 1.52. The molecule has 3 aromatic rings. The van der Waals surface area contributed by atoms with Crippen molar-refractivity contribution in [3.8, 4) is 22.1 Å². The summed E-state index contributed by atoms with van der Waals surface area (Å²) in [6, 6.07) is 10.7. The van der Waals surface area contributed by atoms with Crippen molar-refractivity contribution >= 4 is 23.1 Å². The van der Waals surface area contributed by atoms with Crippen LogP contribution >= 0.6 is 11.3 Å². The van der Waals surface area contributed by atoms with Gasteiger partial charge in [0.25, 0.3) is 5.91 Å². The van der Waals surface area contributed by atoms with Gasteiger partial charge in [-0.1, -0.05) is 5.16 Å². The van der Waals surface area contributed by atoms with E-state index in [1.807, 2.05) is 19.1 Å². The molecule has 0 aliphatic carbocycles.